The Morgan fingerprint density at radius 1 is 1.44 bits per heavy atom. The van der Waals surface area contributed by atoms with Crippen LogP contribution in [0.2, 0.25) is 0 Å². The Morgan fingerprint density at radius 3 is 2.72 bits per heavy atom. The Morgan fingerprint density at radius 2 is 2.17 bits per heavy atom. The minimum absolute atomic E-state index is 0.125. The molecule has 0 atom stereocenters. The molecule has 0 radical (unpaired) electrons. The van der Waals surface area contributed by atoms with Crippen LogP contribution in [-0.2, 0) is 6.61 Å². The van der Waals surface area contributed by atoms with Gasteiger partial charge in [-0.25, -0.2) is 0 Å². The molecule has 2 aromatic rings. The Bertz CT molecular complexity index is 538. The molecular formula is C11H12N4O2S. The molecule has 0 aliphatic heterocycles. The summed E-state index contributed by atoms with van der Waals surface area (Å²) in [6.45, 7) is 0.305. The maximum absolute atomic E-state index is 11.3. The van der Waals surface area contributed by atoms with Gasteiger partial charge in [-0.05, 0) is 37.1 Å². The fraction of sp³-hybridized carbons (Fsp3) is 0.182. The number of hydrogen-bond donors (Lipinski definition) is 2. The van der Waals surface area contributed by atoms with Crippen molar-refractivity contribution in [2.75, 3.05) is 7.05 Å². The molecule has 7 heteroatoms. The fourth-order valence-corrected chi connectivity index (χ4v) is 1.53. The molecule has 0 saturated heterocycles. The van der Waals surface area contributed by atoms with Crippen molar-refractivity contribution in [3.63, 3.8) is 0 Å². The van der Waals surface area contributed by atoms with E-state index in [-0.39, 0.29) is 5.91 Å². The zero-order valence-electron chi connectivity index (χ0n) is 9.70. The van der Waals surface area contributed by atoms with Crippen LogP contribution in [0.5, 0.6) is 5.75 Å². The van der Waals surface area contributed by atoms with E-state index in [0.717, 1.165) is 0 Å². The molecule has 0 bridgehead atoms. The smallest absolute Gasteiger partial charge is 0.251 e. The molecular weight excluding hydrogens is 252 g/mol. The molecule has 1 aromatic heterocycles. The molecule has 0 fully saturated rings. The summed E-state index contributed by atoms with van der Waals surface area (Å²) in [5.41, 5.74) is 1.27. The summed E-state index contributed by atoms with van der Waals surface area (Å²) in [6, 6.07) is 6.86. The number of nitrogens with zero attached hydrogens (tertiary/aromatic N) is 3. The van der Waals surface area contributed by atoms with E-state index in [2.05, 4.69) is 28.4 Å². The van der Waals surface area contributed by atoms with Gasteiger partial charge in [-0.2, -0.15) is 4.09 Å². The number of thiol groups is 1. The number of carbonyl (C=O) groups excluding carboxylic acids is 1. The fourth-order valence-electron chi connectivity index (χ4n) is 1.36. The second kappa shape index (κ2) is 5.54. The second-order valence-electron chi connectivity index (χ2n) is 3.52. The lowest BCUT2D eigenvalue weighted by molar-refractivity contribution is 0.0963. The van der Waals surface area contributed by atoms with Gasteiger partial charge >= 0.3 is 0 Å². The van der Waals surface area contributed by atoms with E-state index in [0.29, 0.717) is 23.6 Å². The van der Waals surface area contributed by atoms with Crippen molar-refractivity contribution in [1.82, 2.24) is 19.7 Å². The summed E-state index contributed by atoms with van der Waals surface area (Å²) in [7, 11) is 1.59. The first-order valence-corrected chi connectivity index (χ1v) is 5.64. The van der Waals surface area contributed by atoms with E-state index >= 15 is 0 Å². The molecule has 1 heterocycles. The number of nitrogens with one attached hydrogen (secondary N) is 1. The second-order valence-corrected chi connectivity index (χ2v) is 3.93. The molecule has 94 valence electrons. The third-order valence-electron chi connectivity index (χ3n) is 2.26. The van der Waals surface area contributed by atoms with Crippen molar-refractivity contribution in [3.8, 4) is 5.75 Å². The molecule has 2 rings (SSSR count). The first-order valence-electron chi connectivity index (χ1n) is 5.24. The lowest BCUT2D eigenvalue weighted by atomic mass is 10.2. The van der Waals surface area contributed by atoms with Crippen LogP contribution in [0.1, 0.15) is 16.1 Å². The number of ether oxygens (including phenoxy) is 1. The van der Waals surface area contributed by atoms with Gasteiger partial charge in [0.05, 0.1) is 6.20 Å². The van der Waals surface area contributed by atoms with Gasteiger partial charge in [0.25, 0.3) is 5.91 Å². The van der Waals surface area contributed by atoms with Gasteiger partial charge in [0, 0.05) is 12.6 Å². The topological polar surface area (TPSA) is 69.0 Å². The maximum atomic E-state index is 11.3. The Labute approximate surface area is 109 Å². The Kier molecular flexibility index (Phi) is 3.83. The first kappa shape index (κ1) is 12.4. The minimum Gasteiger partial charge on any atom is -0.487 e. The van der Waals surface area contributed by atoms with Gasteiger partial charge in [0.1, 0.15) is 18.1 Å². The number of amides is 1. The third kappa shape index (κ3) is 3.01. The summed E-state index contributed by atoms with van der Waals surface area (Å²) in [6.07, 6.45) is 1.65. The summed E-state index contributed by atoms with van der Waals surface area (Å²) in [5.74, 6) is 0.538. The lowest BCUT2D eigenvalue weighted by Gasteiger charge is -2.04. The van der Waals surface area contributed by atoms with Gasteiger partial charge in [-0.1, -0.05) is 5.21 Å². The summed E-state index contributed by atoms with van der Waals surface area (Å²) in [4.78, 5) is 11.3. The molecule has 1 N–H and O–H groups in total. The van der Waals surface area contributed by atoms with Crippen molar-refractivity contribution in [3.05, 3.63) is 41.7 Å². The molecule has 0 aliphatic carbocycles. The molecule has 0 unspecified atom stereocenters. The van der Waals surface area contributed by atoms with Crippen molar-refractivity contribution >= 4 is 18.7 Å². The molecule has 0 spiro atoms. The SMILES string of the molecule is CNC(=O)c1ccc(OCc2cn(S)nn2)cc1. The van der Waals surface area contributed by atoms with Crippen LogP contribution in [0, 0.1) is 0 Å². The average Bonchev–Trinajstić information content (AvgIpc) is 2.82. The zero-order chi connectivity index (χ0) is 13.0. The first-order chi connectivity index (χ1) is 8.69. The molecule has 0 saturated carbocycles. The summed E-state index contributed by atoms with van der Waals surface area (Å²) < 4.78 is 6.81. The van der Waals surface area contributed by atoms with Crippen LogP contribution >= 0.6 is 12.8 Å². The standard InChI is InChI=1S/C11H12N4O2S/c1-12-11(16)8-2-4-10(5-3-8)17-7-9-6-15(18)14-13-9/h2-6,18H,7H2,1H3,(H,12,16). The highest BCUT2D eigenvalue weighted by molar-refractivity contribution is 7.78. The van der Waals surface area contributed by atoms with Crippen LogP contribution in [0.15, 0.2) is 30.5 Å². The molecule has 6 nitrogen and oxygen atoms in total. The Hall–Kier alpha value is -2.02. The molecule has 0 aliphatic rings. The van der Waals surface area contributed by atoms with E-state index in [1.807, 2.05) is 0 Å². The van der Waals surface area contributed by atoms with E-state index < -0.39 is 0 Å². The van der Waals surface area contributed by atoms with Crippen LogP contribution < -0.4 is 10.1 Å². The van der Waals surface area contributed by atoms with Crippen molar-refractivity contribution in [2.24, 2.45) is 0 Å². The van der Waals surface area contributed by atoms with E-state index in [4.69, 9.17) is 4.74 Å². The minimum atomic E-state index is -0.125. The predicted molar refractivity (Wildman–Crippen MR) is 68.6 cm³/mol. The zero-order valence-corrected chi connectivity index (χ0v) is 10.6. The summed E-state index contributed by atoms with van der Waals surface area (Å²) >= 11 is 3.98. The van der Waals surface area contributed by atoms with Gasteiger partial charge in [0.15, 0.2) is 0 Å². The predicted octanol–water partition coefficient (Wildman–Crippen LogP) is 0.910. The largest absolute Gasteiger partial charge is 0.487 e. The van der Waals surface area contributed by atoms with Crippen molar-refractivity contribution in [1.29, 1.82) is 0 Å². The van der Waals surface area contributed by atoms with Crippen LogP contribution in [0.4, 0.5) is 0 Å². The number of benzene rings is 1. The van der Waals surface area contributed by atoms with Crippen molar-refractivity contribution in [2.45, 2.75) is 6.61 Å². The van der Waals surface area contributed by atoms with E-state index in [1.54, 1.807) is 37.5 Å². The number of carbonyl (C=O) groups is 1. The number of hydrogen-bond acceptors (Lipinski definition) is 5. The summed E-state index contributed by atoms with van der Waals surface area (Å²) in [5, 5.41) is 10.1. The normalized spacial score (nSPS) is 10.1. The van der Waals surface area contributed by atoms with Gasteiger partial charge in [0.2, 0.25) is 0 Å². The lowest BCUT2D eigenvalue weighted by Crippen LogP contribution is -2.17. The van der Waals surface area contributed by atoms with Crippen LogP contribution in [0.25, 0.3) is 0 Å². The molecule has 1 amide bonds. The van der Waals surface area contributed by atoms with E-state index in [9.17, 15) is 4.79 Å². The van der Waals surface area contributed by atoms with E-state index in [1.165, 1.54) is 4.09 Å². The highest BCUT2D eigenvalue weighted by atomic mass is 32.1. The van der Waals surface area contributed by atoms with Gasteiger partial charge < -0.3 is 10.1 Å². The molecule has 18 heavy (non-hydrogen) atoms. The number of rotatable bonds is 4. The van der Waals surface area contributed by atoms with Crippen LogP contribution in [-0.4, -0.2) is 27.4 Å². The third-order valence-corrected chi connectivity index (χ3v) is 2.46. The Balaban J connectivity index is 1.96. The maximum Gasteiger partial charge on any atom is 0.251 e. The number of aromatic nitrogens is 3. The van der Waals surface area contributed by atoms with Gasteiger partial charge in [-0.15, -0.1) is 5.10 Å². The van der Waals surface area contributed by atoms with Crippen molar-refractivity contribution < 1.29 is 9.53 Å². The van der Waals surface area contributed by atoms with Gasteiger partial charge in [-0.3, -0.25) is 4.79 Å². The highest BCUT2D eigenvalue weighted by Gasteiger charge is 2.04. The van der Waals surface area contributed by atoms with Crippen LogP contribution in [0.3, 0.4) is 0 Å². The highest BCUT2D eigenvalue weighted by Crippen LogP contribution is 2.13. The molecule has 1 aromatic carbocycles. The quantitative estimate of drug-likeness (QED) is 0.805. The monoisotopic (exact) mass is 264 g/mol. The average molecular weight is 264 g/mol.